The molecule has 0 amide bonds. The van der Waals surface area contributed by atoms with Crippen molar-refractivity contribution >= 4 is 5.97 Å². The van der Waals surface area contributed by atoms with E-state index in [9.17, 15) is 4.79 Å². The van der Waals surface area contributed by atoms with Crippen LogP contribution in [0.5, 0.6) is 0 Å². The van der Waals surface area contributed by atoms with Gasteiger partial charge in [-0.3, -0.25) is 4.79 Å². The molecule has 0 heterocycles. The molecule has 0 saturated heterocycles. The maximum absolute atomic E-state index is 10.3. The summed E-state index contributed by atoms with van der Waals surface area (Å²) in [5, 5.41) is 8.47. The van der Waals surface area contributed by atoms with E-state index in [1.807, 2.05) is 0 Å². The minimum atomic E-state index is -0.693. The number of rotatable bonds is 7. The highest BCUT2D eigenvalue weighted by atomic mass is 16.5. The molecule has 1 N–H and O–H groups in total. The first-order chi connectivity index (χ1) is 7.68. The summed E-state index contributed by atoms with van der Waals surface area (Å²) in [7, 11) is 0. The van der Waals surface area contributed by atoms with E-state index in [0.717, 1.165) is 31.8 Å². The number of aliphatic carboxylic acids is 1. The molecule has 0 aromatic heterocycles. The van der Waals surface area contributed by atoms with Crippen LogP contribution in [0.1, 0.15) is 58.3 Å². The molecule has 16 heavy (non-hydrogen) atoms. The van der Waals surface area contributed by atoms with Crippen molar-refractivity contribution in [3.05, 3.63) is 0 Å². The van der Waals surface area contributed by atoms with Crippen molar-refractivity contribution in [2.24, 2.45) is 5.92 Å². The fraction of sp³-hybridized carbons (Fsp3) is 0.923. The van der Waals surface area contributed by atoms with Crippen molar-refractivity contribution in [1.29, 1.82) is 0 Å². The zero-order valence-electron chi connectivity index (χ0n) is 10.3. The topological polar surface area (TPSA) is 46.5 Å². The minimum absolute atomic E-state index is 0.292. The highest BCUT2D eigenvalue weighted by Gasteiger charge is 2.18. The van der Waals surface area contributed by atoms with E-state index in [1.54, 1.807) is 0 Å². The normalized spacial score (nSPS) is 25.6. The van der Waals surface area contributed by atoms with Gasteiger partial charge in [-0.25, -0.2) is 0 Å². The molecular formula is C13H24O3. The van der Waals surface area contributed by atoms with Gasteiger partial charge in [0, 0.05) is 13.0 Å². The van der Waals surface area contributed by atoms with Crippen LogP contribution >= 0.6 is 0 Å². The largest absolute Gasteiger partial charge is 0.481 e. The first-order valence-electron chi connectivity index (χ1n) is 6.52. The van der Waals surface area contributed by atoms with Gasteiger partial charge in [0.05, 0.1) is 6.10 Å². The standard InChI is InChI=1S/C13H24O3/c1-11-6-5-7-12(10-11)16-9-4-2-3-8-13(14)15/h11-12H,2-10H2,1H3,(H,14,15)/t11-,12-/m0/s1. The Balaban J connectivity index is 1.92. The van der Waals surface area contributed by atoms with Gasteiger partial charge in [0.25, 0.3) is 0 Å². The molecule has 1 aliphatic carbocycles. The smallest absolute Gasteiger partial charge is 0.303 e. The molecule has 1 rings (SSSR count). The number of ether oxygens (including phenoxy) is 1. The maximum atomic E-state index is 10.3. The average Bonchev–Trinajstić information content (AvgIpc) is 2.23. The minimum Gasteiger partial charge on any atom is -0.481 e. The molecule has 0 aromatic carbocycles. The van der Waals surface area contributed by atoms with Crippen molar-refractivity contribution in [3.8, 4) is 0 Å². The van der Waals surface area contributed by atoms with Crippen LogP contribution in [0.3, 0.4) is 0 Å². The van der Waals surface area contributed by atoms with Gasteiger partial charge >= 0.3 is 5.97 Å². The lowest BCUT2D eigenvalue weighted by Crippen LogP contribution is -2.21. The molecule has 1 fully saturated rings. The van der Waals surface area contributed by atoms with Crippen molar-refractivity contribution in [2.75, 3.05) is 6.61 Å². The Labute approximate surface area is 98.2 Å². The average molecular weight is 228 g/mol. The summed E-state index contributed by atoms with van der Waals surface area (Å²) >= 11 is 0. The quantitative estimate of drug-likeness (QED) is 0.680. The summed E-state index contributed by atoms with van der Waals surface area (Å²) < 4.78 is 5.81. The van der Waals surface area contributed by atoms with E-state index in [0.29, 0.717) is 12.5 Å². The van der Waals surface area contributed by atoms with Crippen LogP contribution < -0.4 is 0 Å². The summed E-state index contributed by atoms with van der Waals surface area (Å²) in [4.78, 5) is 10.3. The summed E-state index contributed by atoms with van der Waals surface area (Å²) in [6.07, 6.45) is 8.55. The molecule has 3 heteroatoms. The number of hydrogen-bond donors (Lipinski definition) is 1. The summed E-state index contributed by atoms with van der Waals surface area (Å²) in [6.45, 7) is 3.10. The van der Waals surface area contributed by atoms with E-state index in [-0.39, 0.29) is 0 Å². The van der Waals surface area contributed by atoms with Gasteiger partial charge in [0.2, 0.25) is 0 Å². The van der Waals surface area contributed by atoms with Crippen LogP contribution in [0, 0.1) is 5.92 Å². The van der Waals surface area contributed by atoms with Crippen molar-refractivity contribution < 1.29 is 14.6 Å². The lowest BCUT2D eigenvalue weighted by Gasteiger charge is -2.26. The number of carbonyl (C=O) groups is 1. The summed E-state index contributed by atoms with van der Waals surface area (Å²) in [6, 6.07) is 0. The Kier molecular flexibility index (Phi) is 6.46. The first kappa shape index (κ1) is 13.5. The monoisotopic (exact) mass is 228 g/mol. The molecule has 0 spiro atoms. The van der Waals surface area contributed by atoms with Crippen LogP contribution in [-0.2, 0) is 9.53 Å². The van der Waals surface area contributed by atoms with Gasteiger partial charge in [0.15, 0.2) is 0 Å². The summed E-state index contributed by atoms with van der Waals surface area (Å²) in [5.74, 6) is 0.118. The van der Waals surface area contributed by atoms with E-state index in [2.05, 4.69) is 6.92 Å². The third-order valence-electron chi connectivity index (χ3n) is 3.28. The predicted octanol–water partition coefficient (Wildman–Crippen LogP) is 3.23. The van der Waals surface area contributed by atoms with Crippen LogP contribution in [-0.4, -0.2) is 23.8 Å². The van der Waals surface area contributed by atoms with Crippen molar-refractivity contribution in [3.63, 3.8) is 0 Å². The molecule has 0 bridgehead atoms. The Morgan fingerprint density at radius 3 is 2.81 bits per heavy atom. The molecule has 3 nitrogen and oxygen atoms in total. The number of hydrogen-bond acceptors (Lipinski definition) is 2. The highest BCUT2D eigenvalue weighted by Crippen LogP contribution is 2.25. The van der Waals surface area contributed by atoms with Gasteiger partial charge in [-0.1, -0.05) is 26.2 Å². The van der Waals surface area contributed by atoms with Crippen LogP contribution in [0.2, 0.25) is 0 Å². The molecule has 2 atom stereocenters. The van der Waals surface area contributed by atoms with Crippen LogP contribution in [0.25, 0.3) is 0 Å². The molecule has 94 valence electrons. The highest BCUT2D eigenvalue weighted by molar-refractivity contribution is 5.66. The Morgan fingerprint density at radius 1 is 1.31 bits per heavy atom. The Bertz CT molecular complexity index is 203. The predicted molar refractivity (Wildman–Crippen MR) is 63.5 cm³/mol. The van der Waals surface area contributed by atoms with E-state index in [1.165, 1.54) is 25.7 Å². The van der Waals surface area contributed by atoms with E-state index >= 15 is 0 Å². The fourth-order valence-electron chi connectivity index (χ4n) is 2.33. The van der Waals surface area contributed by atoms with Gasteiger partial charge in [-0.05, 0) is 31.6 Å². The number of carboxylic acid groups (broad SMARTS) is 1. The summed E-state index contributed by atoms with van der Waals surface area (Å²) in [5.41, 5.74) is 0. The molecule has 0 aromatic rings. The molecule has 0 radical (unpaired) electrons. The second kappa shape index (κ2) is 7.66. The fourth-order valence-corrected chi connectivity index (χ4v) is 2.33. The lowest BCUT2D eigenvalue weighted by molar-refractivity contribution is -0.137. The maximum Gasteiger partial charge on any atom is 0.303 e. The zero-order valence-corrected chi connectivity index (χ0v) is 10.3. The second-order valence-corrected chi connectivity index (χ2v) is 4.97. The molecule has 1 aliphatic rings. The first-order valence-corrected chi connectivity index (χ1v) is 6.52. The Morgan fingerprint density at radius 2 is 2.12 bits per heavy atom. The van der Waals surface area contributed by atoms with Crippen molar-refractivity contribution in [2.45, 2.75) is 64.4 Å². The lowest BCUT2D eigenvalue weighted by atomic mass is 9.89. The molecular weight excluding hydrogens is 204 g/mol. The Hall–Kier alpha value is -0.570. The van der Waals surface area contributed by atoms with Crippen molar-refractivity contribution in [1.82, 2.24) is 0 Å². The SMILES string of the molecule is C[C@H]1CCC[C@H](OCCCCCC(=O)O)C1. The third-order valence-corrected chi connectivity index (χ3v) is 3.28. The van der Waals surface area contributed by atoms with Gasteiger partial charge < -0.3 is 9.84 Å². The molecule has 1 saturated carbocycles. The zero-order chi connectivity index (χ0) is 11.8. The number of unbranched alkanes of at least 4 members (excludes halogenated alkanes) is 2. The molecule has 0 aliphatic heterocycles. The van der Waals surface area contributed by atoms with Gasteiger partial charge in [0.1, 0.15) is 0 Å². The molecule has 0 unspecified atom stereocenters. The van der Waals surface area contributed by atoms with Crippen LogP contribution in [0.4, 0.5) is 0 Å². The van der Waals surface area contributed by atoms with E-state index in [4.69, 9.17) is 9.84 Å². The van der Waals surface area contributed by atoms with E-state index < -0.39 is 5.97 Å². The number of carboxylic acids is 1. The third kappa shape index (κ3) is 6.11. The van der Waals surface area contributed by atoms with Crippen LogP contribution in [0.15, 0.2) is 0 Å². The second-order valence-electron chi connectivity index (χ2n) is 4.97. The van der Waals surface area contributed by atoms with Gasteiger partial charge in [-0.15, -0.1) is 0 Å². The van der Waals surface area contributed by atoms with Gasteiger partial charge in [-0.2, -0.15) is 0 Å².